The first-order valence-corrected chi connectivity index (χ1v) is 8.05. The second kappa shape index (κ2) is 9.30. The normalized spacial score (nSPS) is 16.0. The maximum atomic E-state index is 12.1. The van der Waals surface area contributed by atoms with Crippen LogP contribution in [0.15, 0.2) is 60.7 Å². The fraction of sp³-hybridized carbons (Fsp3) is 0.316. The van der Waals surface area contributed by atoms with Crippen molar-refractivity contribution in [2.75, 3.05) is 13.1 Å². The highest BCUT2D eigenvalue weighted by molar-refractivity contribution is 5.85. The molecule has 1 amide bonds. The first-order chi connectivity index (χ1) is 11.3. The molecule has 5 heteroatoms. The highest BCUT2D eigenvalue weighted by Crippen LogP contribution is 2.18. The molecule has 1 atom stereocenters. The van der Waals surface area contributed by atoms with Gasteiger partial charge in [0.1, 0.15) is 6.61 Å². The molecule has 0 spiro atoms. The molecule has 1 unspecified atom stereocenters. The molecular formula is C19H23ClN2O2. The van der Waals surface area contributed by atoms with E-state index in [4.69, 9.17) is 4.74 Å². The fourth-order valence-corrected chi connectivity index (χ4v) is 2.67. The Balaban J connectivity index is 0.00000208. The Hall–Kier alpha value is -2.04. The van der Waals surface area contributed by atoms with Crippen molar-refractivity contribution < 1.29 is 9.53 Å². The van der Waals surface area contributed by atoms with Crippen LogP contribution >= 0.6 is 12.4 Å². The number of hydrogen-bond acceptors (Lipinski definition) is 3. The van der Waals surface area contributed by atoms with Crippen molar-refractivity contribution in [3.8, 4) is 0 Å². The highest BCUT2D eigenvalue weighted by Gasteiger charge is 2.32. The van der Waals surface area contributed by atoms with Crippen LogP contribution < -0.4 is 5.32 Å². The molecule has 1 aliphatic heterocycles. The zero-order chi connectivity index (χ0) is 15.9. The van der Waals surface area contributed by atoms with Gasteiger partial charge >= 0.3 is 6.09 Å². The molecule has 0 bridgehead atoms. The zero-order valence-electron chi connectivity index (χ0n) is 13.6. The molecule has 3 rings (SSSR count). The van der Waals surface area contributed by atoms with Gasteiger partial charge in [-0.2, -0.15) is 0 Å². The Kier molecular flexibility index (Phi) is 7.09. The number of hydrogen-bond donors (Lipinski definition) is 1. The van der Waals surface area contributed by atoms with Crippen molar-refractivity contribution in [3.63, 3.8) is 0 Å². The van der Waals surface area contributed by atoms with Gasteiger partial charge in [-0.3, -0.25) is 0 Å². The van der Waals surface area contributed by atoms with E-state index in [1.54, 1.807) is 4.90 Å². The third kappa shape index (κ3) is 4.98. The SMILES string of the molecule is Cl.O=C(OCc1ccccc1)N1CCC1CNCc1ccccc1. The van der Waals surface area contributed by atoms with Crippen LogP contribution in [0, 0.1) is 0 Å². The molecule has 128 valence electrons. The van der Waals surface area contributed by atoms with Crippen LogP contribution in [0.4, 0.5) is 4.79 Å². The number of likely N-dealkylation sites (tertiary alicyclic amines) is 1. The lowest BCUT2D eigenvalue weighted by Gasteiger charge is -2.40. The highest BCUT2D eigenvalue weighted by atomic mass is 35.5. The molecule has 0 aromatic heterocycles. The van der Waals surface area contributed by atoms with E-state index in [1.165, 1.54) is 5.56 Å². The van der Waals surface area contributed by atoms with Gasteiger partial charge in [-0.05, 0) is 17.5 Å². The van der Waals surface area contributed by atoms with Gasteiger partial charge in [-0.15, -0.1) is 12.4 Å². The van der Waals surface area contributed by atoms with E-state index in [0.717, 1.165) is 31.6 Å². The third-order valence-electron chi connectivity index (χ3n) is 4.14. The minimum Gasteiger partial charge on any atom is -0.445 e. The summed E-state index contributed by atoms with van der Waals surface area (Å²) >= 11 is 0. The van der Waals surface area contributed by atoms with Gasteiger partial charge < -0.3 is 15.0 Å². The largest absolute Gasteiger partial charge is 0.445 e. The van der Waals surface area contributed by atoms with Crippen LogP contribution in [-0.2, 0) is 17.9 Å². The van der Waals surface area contributed by atoms with Crippen molar-refractivity contribution in [1.82, 2.24) is 10.2 Å². The lowest BCUT2D eigenvalue weighted by Crippen LogP contribution is -2.55. The van der Waals surface area contributed by atoms with E-state index in [0.29, 0.717) is 6.61 Å². The summed E-state index contributed by atoms with van der Waals surface area (Å²) in [6.07, 6.45) is 0.814. The van der Waals surface area contributed by atoms with Crippen molar-refractivity contribution in [2.45, 2.75) is 25.6 Å². The Morgan fingerprint density at radius 2 is 1.67 bits per heavy atom. The molecule has 2 aromatic rings. The first-order valence-electron chi connectivity index (χ1n) is 8.05. The third-order valence-corrected chi connectivity index (χ3v) is 4.14. The monoisotopic (exact) mass is 346 g/mol. The Morgan fingerprint density at radius 1 is 1.04 bits per heavy atom. The Morgan fingerprint density at radius 3 is 2.25 bits per heavy atom. The van der Waals surface area contributed by atoms with Crippen LogP contribution in [0.25, 0.3) is 0 Å². The van der Waals surface area contributed by atoms with Crippen molar-refractivity contribution in [3.05, 3.63) is 71.8 Å². The summed E-state index contributed by atoms with van der Waals surface area (Å²) in [5, 5.41) is 3.41. The van der Waals surface area contributed by atoms with E-state index < -0.39 is 0 Å². The summed E-state index contributed by atoms with van der Waals surface area (Å²) in [7, 11) is 0. The lowest BCUT2D eigenvalue weighted by molar-refractivity contribution is 0.0437. The van der Waals surface area contributed by atoms with Gasteiger partial charge in [0.15, 0.2) is 0 Å². The molecule has 4 nitrogen and oxygen atoms in total. The molecule has 1 fully saturated rings. The smallest absolute Gasteiger partial charge is 0.410 e. The summed E-state index contributed by atoms with van der Waals surface area (Å²) < 4.78 is 5.39. The van der Waals surface area contributed by atoms with E-state index in [9.17, 15) is 4.79 Å². The van der Waals surface area contributed by atoms with Crippen molar-refractivity contribution in [2.24, 2.45) is 0 Å². The number of amides is 1. The second-order valence-corrected chi connectivity index (χ2v) is 5.79. The summed E-state index contributed by atoms with van der Waals surface area (Å²) in [4.78, 5) is 13.9. The molecule has 1 N–H and O–H groups in total. The minimum atomic E-state index is -0.216. The zero-order valence-corrected chi connectivity index (χ0v) is 14.4. The number of halogens is 1. The molecule has 0 aliphatic carbocycles. The number of rotatable bonds is 6. The summed E-state index contributed by atoms with van der Waals surface area (Å²) in [5.41, 5.74) is 2.27. The quantitative estimate of drug-likeness (QED) is 0.868. The number of carbonyl (C=O) groups is 1. The van der Waals surface area contributed by atoms with Crippen LogP contribution in [0.3, 0.4) is 0 Å². The van der Waals surface area contributed by atoms with E-state index in [1.807, 2.05) is 48.5 Å². The number of carbonyl (C=O) groups excluding carboxylic acids is 1. The number of ether oxygens (including phenoxy) is 1. The number of benzene rings is 2. The predicted octanol–water partition coefficient (Wildman–Crippen LogP) is 3.61. The molecule has 0 saturated carbocycles. The van der Waals surface area contributed by atoms with Crippen LogP contribution in [0.2, 0.25) is 0 Å². The molecule has 24 heavy (non-hydrogen) atoms. The number of nitrogens with one attached hydrogen (secondary N) is 1. The molecule has 1 heterocycles. The van der Waals surface area contributed by atoms with E-state index in [-0.39, 0.29) is 24.5 Å². The molecule has 0 radical (unpaired) electrons. The molecular weight excluding hydrogens is 324 g/mol. The van der Waals surface area contributed by atoms with Gasteiger partial charge in [-0.1, -0.05) is 60.7 Å². The van der Waals surface area contributed by atoms with Crippen LogP contribution in [0.1, 0.15) is 17.5 Å². The summed E-state index contributed by atoms with van der Waals surface area (Å²) in [6, 6.07) is 20.3. The lowest BCUT2D eigenvalue weighted by atomic mass is 10.0. The van der Waals surface area contributed by atoms with E-state index in [2.05, 4.69) is 17.4 Å². The van der Waals surface area contributed by atoms with E-state index >= 15 is 0 Å². The molecule has 2 aromatic carbocycles. The molecule has 1 aliphatic rings. The van der Waals surface area contributed by atoms with Crippen molar-refractivity contribution >= 4 is 18.5 Å². The second-order valence-electron chi connectivity index (χ2n) is 5.79. The van der Waals surface area contributed by atoms with Gasteiger partial charge in [0.05, 0.1) is 0 Å². The maximum Gasteiger partial charge on any atom is 0.410 e. The molecule has 1 saturated heterocycles. The van der Waals surface area contributed by atoms with Crippen LogP contribution in [-0.4, -0.2) is 30.1 Å². The maximum absolute atomic E-state index is 12.1. The van der Waals surface area contributed by atoms with Crippen LogP contribution in [0.5, 0.6) is 0 Å². The van der Waals surface area contributed by atoms with Gasteiger partial charge in [-0.25, -0.2) is 4.79 Å². The summed E-state index contributed by atoms with van der Waals surface area (Å²) in [5.74, 6) is 0. The Bertz CT molecular complexity index is 622. The first kappa shape index (κ1) is 18.3. The minimum absolute atomic E-state index is 0. The topological polar surface area (TPSA) is 41.6 Å². The average molecular weight is 347 g/mol. The Labute approximate surface area is 149 Å². The standard InChI is InChI=1S/C19H22N2O2.ClH/c22-19(23-15-17-9-5-2-6-10-17)21-12-11-18(21)14-20-13-16-7-3-1-4-8-16;/h1-10,18,20H,11-15H2;1H. The average Bonchev–Trinajstić information content (AvgIpc) is 2.58. The predicted molar refractivity (Wildman–Crippen MR) is 97.1 cm³/mol. The number of nitrogens with zero attached hydrogens (tertiary/aromatic N) is 1. The van der Waals surface area contributed by atoms with Gasteiger partial charge in [0.2, 0.25) is 0 Å². The van der Waals surface area contributed by atoms with Crippen molar-refractivity contribution in [1.29, 1.82) is 0 Å². The summed E-state index contributed by atoms with van der Waals surface area (Å²) in [6.45, 7) is 2.74. The van der Waals surface area contributed by atoms with Gasteiger partial charge in [0.25, 0.3) is 0 Å². The van der Waals surface area contributed by atoms with Gasteiger partial charge in [0, 0.05) is 25.7 Å². The fourth-order valence-electron chi connectivity index (χ4n) is 2.67.